The van der Waals surface area contributed by atoms with Crippen LogP contribution in [0.15, 0.2) is 48.2 Å². The minimum Gasteiger partial charge on any atom is -0.508 e. The fourth-order valence-electron chi connectivity index (χ4n) is 2.63. The summed E-state index contributed by atoms with van der Waals surface area (Å²) in [5, 5.41) is 24.6. The van der Waals surface area contributed by atoms with Crippen LogP contribution in [0.2, 0.25) is 0 Å². The Bertz CT molecular complexity index is 893. The molecule has 3 N–H and O–H groups in total. The van der Waals surface area contributed by atoms with Gasteiger partial charge in [-0.05, 0) is 54.7 Å². The topological polar surface area (TPSA) is 85.2 Å². The zero-order chi connectivity index (χ0) is 19.3. The number of nitrogens with zero attached hydrogens (tertiary/aromatic N) is 1. The lowest BCUT2D eigenvalue weighted by Gasteiger charge is -2.16. The monoisotopic (exact) mass is 349 g/mol. The molecule has 0 aliphatic rings. The SMILES string of the molecule is Cc1cc(O)ccc1N/C=C(/C#N)C(=O)Nc1c(C)cccc1C(C)C. The van der Waals surface area contributed by atoms with Crippen molar-refractivity contribution in [3.63, 3.8) is 0 Å². The van der Waals surface area contributed by atoms with Crippen LogP contribution in [0.25, 0.3) is 0 Å². The van der Waals surface area contributed by atoms with E-state index in [4.69, 9.17) is 0 Å². The van der Waals surface area contributed by atoms with Gasteiger partial charge in [-0.3, -0.25) is 4.79 Å². The second-order valence-electron chi connectivity index (χ2n) is 6.46. The summed E-state index contributed by atoms with van der Waals surface area (Å²) in [4.78, 5) is 12.5. The van der Waals surface area contributed by atoms with Crippen molar-refractivity contribution in [2.75, 3.05) is 10.6 Å². The van der Waals surface area contributed by atoms with E-state index in [-0.39, 0.29) is 17.2 Å². The molecular formula is C21H23N3O2. The Kier molecular flexibility index (Phi) is 6.03. The maximum Gasteiger partial charge on any atom is 0.267 e. The molecular weight excluding hydrogens is 326 g/mol. The first-order valence-electron chi connectivity index (χ1n) is 8.40. The lowest BCUT2D eigenvalue weighted by molar-refractivity contribution is -0.112. The molecule has 134 valence electrons. The average molecular weight is 349 g/mol. The molecule has 0 bridgehead atoms. The molecule has 1 amide bonds. The number of carbonyl (C=O) groups is 1. The zero-order valence-corrected chi connectivity index (χ0v) is 15.4. The van der Waals surface area contributed by atoms with Gasteiger partial charge in [-0.1, -0.05) is 32.0 Å². The number of rotatable bonds is 5. The molecule has 0 aromatic heterocycles. The molecule has 0 radical (unpaired) electrons. The molecule has 0 atom stereocenters. The summed E-state index contributed by atoms with van der Waals surface area (Å²) >= 11 is 0. The number of aryl methyl sites for hydroxylation is 2. The fraction of sp³-hybridized carbons (Fsp3) is 0.238. The quantitative estimate of drug-likeness (QED) is 0.419. The van der Waals surface area contributed by atoms with Crippen molar-refractivity contribution in [2.45, 2.75) is 33.6 Å². The summed E-state index contributed by atoms with van der Waals surface area (Å²) < 4.78 is 0. The number of phenolic OH excluding ortho intramolecular Hbond substituents is 1. The van der Waals surface area contributed by atoms with Crippen LogP contribution >= 0.6 is 0 Å². The molecule has 5 nitrogen and oxygen atoms in total. The molecule has 0 heterocycles. The number of phenols is 1. The number of hydrogen-bond acceptors (Lipinski definition) is 4. The molecule has 0 aliphatic heterocycles. The predicted molar refractivity (Wildman–Crippen MR) is 104 cm³/mol. The number of nitriles is 1. The summed E-state index contributed by atoms with van der Waals surface area (Å²) in [5.41, 5.74) is 4.20. The van der Waals surface area contributed by atoms with E-state index in [1.165, 1.54) is 12.3 Å². The van der Waals surface area contributed by atoms with E-state index >= 15 is 0 Å². The highest BCUT2D eigenvalue weighted by atomic mass is 16.3. The van der Waals surface area contributed by atoms with Gasteiger partial charge in [-0.2, -0.15) is 5.26 Å². The maximum atomic E-state index is 12.5. The Morgan fingerprint density at radius 1 is 1.19 bits per heavy atom. The summed E-state index contributed by atoms with van der Waals surface area (Å²) in [5.74, 6) is -0.0545. The molecule has 26 heavy (non-hydrogen) atoms. The second-order valence-corrected chi connectivity index (χ2v) is 6.46. The van der Waals surface area contributed by atoms with Crippen LogP contribution in [-0.2, 0) is 4.79 Å². The zero-order valence-electron chi connectivity index (χ0n) is 15.4. The Hall–Kier alpha value is -3.26. The molecule has 0 saturated carbocycles. The third-order valence-corrected chi connectivity index (χ3v) is 4.11. The van der Waals surface area contributed by atoms with Crippen LogP contribution < -0.4 is 10.6 Å². The van der Waals surface area contributed by atoms with Gasteiger partial charge in [0.15, 0.2) is 0 Å². The molecule has 5 heteroatoms. The summed E-state index contributed by atoms with van der Waals surface area (Å²) in [6.45, 7) is 7.86. The van der Waals surface area contributed by atoms with Gasteiger partial charge >= 0.3 is 0 Å². The minimum absolute atomic E-state index is 0.0320. The molecule has 0 saturated heterocycles. The third-order valence-electron chi connectivity index (χ3n) is 4.11. The van der Waals surface area contributed by atoms with Crippen LogP contribution in [0.3, 0.4) is 0 Å². The molecule has 0 aliphatic carbocycles. The number of nitrogens with one attached hydrogen (secondary N) is 2. The highest BCUT2D eigenvalue weighted by Gasteiger charge is 2.15. The Balaban J connectivity index is 2.23. The normalized spacial score (nSPS) is 11.2. The molecule has 2 aromatic carbocycles. The van der Waals surface area contributed by atoms with E-state index in [1.807, 2.05) is 38.1 Å². The van der Waals surface area contributed by atoms with Crippen molar-refractivity contribution in [3.05, 3.63) is 64.9 Å². The molecule has 0 fully saturated rings. The van der Waals surface area contributed by atoms with Crippen molar-refractivity contribution in [1.29, 1.82) is 5.26 Å². The van der Waals surface area contributed by atoms with E-state index in [0.717, 1.165) is 22.4 Å². The number of carbonyl (C=O) groups excluding carboxylic acids is 1. The van der Waals surface area contributed by atoms with E-state index in [1.54, 1.807) is 12.1 Å². The van der Waals surface area contributed by atoms with Crippen molar-refractivity contribution < 1.29 is 9.90 Å². The summed E-state index contributed by atoms with van der Waals surface area (Å²) in [7, 11) is 0. The van der Waals surface area contributed by atoms with Crippen molar-refractivity contribution in [2.24, 2.45) is 0 Å². The highest BCUT2D eigenvalue weighted by molar-refractivity contribution is 6.07. The molecule has 2 rings (SSSR count). The Morgan fingerprint density at radius 2 is 1.92 bits per heavy atom. The molecule has 2 aromatic rings. The standard InChI is InChI=1S/C21H23N3O2/c1-13(2)18-7-5-6-14(3)20(18)24-21(26)16(11-22)12-23-19-9-8-17(25)10-15(19)4/h5-10,12-13,23,25H,1-4H3,(H,24,26)/b16-12-. The summed E-state index contributed by atoms with van der Waals surface area (Å²) in [6, 6.07) is 12.6. The van der Waals surface area contributed by atoms with Crippen molar-refractivity contribution in [1.82, 2.24) is 0 Å². The number of aromatic hydroxyl groups is 1. The number of hydrogen-bond donors (Lipinski definition) is 3. The van der Waals surface area contributed by atoms with Gasteiger partial charge in [0.25, 0.3) is 5.91 Å². The van der Waals surface area contributed by atoms with Gasteiger partial charge in [0.1, 0.15) is 17.4 Å². The second kappa shape index (κ2) is 8.21. The smallest absolute Gasteiger partial charge is 0.267 e. The third kappa shape index (κ3) is 4.42. The van der Waals surface area contributed by atoms with Crippen LogP contribution in [0.4, 0.5) is 11.4 Å². The van der Waals surface area contributed by atoms with Crippen LogP contribution in [-0.4, -0.2) is 11.0 Å². The lowest BCUT2D eigenvalue weighted by atomic mass is 9.98. The number of benzene rings is 2. The van der Waals surface area contributed by atoms with E-state index in [9.17, 15) is 15.2 Å². The summed E-state index contributed by atoms with van der Waals surface area (Å²) in [6.07, 6.45) is 1.38. The van der Waals surface area contributed by atoms with Gasteiger partial charge in [0.2, 0.25) is 0 Å². The average Bonchev–Trinajstić information content (AvgIpc) is 2.58. The maximum absolute atomic E-state index is 12.5. The van der Waals surface area contributed by atoms with Crippen molar-refractivity contribution in [3.8, 4) is 11.8 Å². The van der Waals surface area contributed by atoms with Crippen LogP contribution in [0, 0.1) is 25.2 Å². The molecule has 0 unspecified atom stereocenters. The first-order chi connectivity index (χ1) is 12.3. The lowest BCUT2D eigenvalue weighted by Crippen LogP contribution is -2.17. The first-order valence-corrected chi connectivity index (χ1v) is 8.40. The largest absolute Gasteiger partial charge is 0.508 e. The van der Waals surface area contributed by atoms with E-state index in [2.05, 4.69) is 24.5 Å². The first kappa shape index (κ1) is 19.1. The van der Waals surface area contributed by atoms with Crippen molar-refractivity contribution >= 4 is 17.3 Å². The van der Waals surface area contributed by atoms with E-state index in [0.29, 0.717) is 5.69 Å². The molecule has 0 spiro atoms. The van der Waals surface area contributed by atoms with Gasteiger partial charge < -0.3 is 15.7 Å². The minimum atomic E-state index is -0.465. The predicted octanol–water partition coefficient (Wildman–Crippen LogP) is 4.59. The Morgan fingerprint density at radius 3 is 2.54 bits per heavy atom. The van der Waals surface area contributed by atoms with Gasteiger partial charge in [-0.15, -0.1) is 0 Å². The number of para-hydroxylation sites is 1. The fourth-order valence-corrected chi connectivity index (χ4v) is 2.63. The number of amides is 1. The Labute approximate surface area is 154 Å². The van der Waals surface area contributed by atoms with E-state index < -0.39 is 5.91 Å². The number of anilines is 2. The highest BCUT2D eigenvalue weighted by Crippen LogP contribution is 2.28. The van der Waals surface area contributed by atoms with Crippen LogP contribution in [0.1, 0.15) is 36.5 Å². The van der Waals surface area contributed by atoms with Gasteiger partial charge in [0.05, 0.1) is 0 Å². The van der Waals surface area contributed by atoms with Gasteiger partial charge in [-0.25, -0.2) is 0 Å². The van der Waals surface area contributed by atoms with Crippen LogP contribution in [0.5, 0.6) is 5.75 Å². The van der Waals surface area contributed by atoms with Gasteiger partial charge in [0, 0.05) is 17.6 Å².